The van der Waals surface area contributed by atoms with Gasteiger partial charge in [-0.05, 0) is 25.5 Å². The largest absolute Gasteiger partial charge is 0.496 e. The number of aromatic amines is 1. The van der Waals surface area contributed by atoms with Crippen molar-refractivity contribution in [2.75, 3.05) is 25.9 Å². The molecule has 1 aliphatic rings. The van der Waals surface area contributed by atoms with E-state index >= 15 is 0 Å². The second-order valence-electron chi connectivity index (χ2n) is 6.77. The number of aromatic nitrogens is 2. The number of carbonyl (C=O) groups is 1. The first kappa shape index (κ1) is 16.5. The monoisotopic (exact) mass is 354 g/mol. The summed E-state index contributed by atoms with van der Waals surface area (Å²) in [5.74, 6) is 1.10. The molecule has 136 valence electrons. The second-order valence-corrected chi connectivity index (χ2v) is 6.77. The van der Waals surface area contributed by atoms with E-state index in [4.69, 9.17) is 14.9 Å². The van der Waals surface area contributed by atoms with Crippen molar-refractivity contribution in [1.82, 2.24) is 15.1 Å². The fraction of sp³-hybridized carbons (Fsp3) is 0.368. The average Bonchev–Trinajstić information content (AvgIpc) is 3.35. The molecule has 7 nitrogen and oxygen atoms in total. The van der Waals surface area contributed by atoms with Gasteiger partial charge in [0, 0.05) is 35.5 Å². The zero-order valence-corrected chi connectivity index (χ0v) is 14.9. The van der Waals surface area contributed by atoms with E-state index in [0.29, 0.717) is 18.7 Å². The van der Waals surface area contributed by atoms with E-state index in [1.54, 1.807) is 19.6 Å². The van der Waals surface area contributed by atoms with Crippen LogP contribution in [0.5, 0.6) is 5.75 Å². The number of fused-ring (bicyclic) bond motifs is 1. The number of nitrogens with two attached hydrogens (primary N) is 1. The number of hydrogen-bond acceptors (Lipinski definition) is 5. The number of H-pyrrole nitrogens is 1. The quantitative estimate of drug-likeness (QED) is 0.750. The maximum atomic E-state index is 12.8. The molecule has 4 rings (SSSR count). The Bertz CT molecular complexity index is 959. The lowest BCUT2D eigenvalue weighted by Gasteiger charge is -2.16. The van der Waals surface area contributed by atoms with Gasteiger partial charge in [-0.2, -0.15) is 5.10 Å². The van der Waals surface area contributed by atoms with Crippen molar-refractivity contribution in [2.45, 2.75) is 25.7 Å². The van der Waals surface area contributed by atoms with Gasteiger partial charge in [0.05, 0.1) is 37.4 Å². The fourth-order valence-corrected chi connectivity index (χ4v) is 3.76. The van der Waals surface area contributed by atoms with Crippen molar-refractivity contribution < 1.29 is 13.9 Å². The van der Waals surface area contributed by atoms with Crippen LogP contribution >= 0.6 is 0 Å². The van der Waals surface area contributed by atoms with Gasteiger partial charge < -0.3 is 19.8 Å². The predicted molar refractivity (Wildman–Crippen MR) is 98.1 cm³/mol. The van der Waals surface area contributed by atoms with Gasteiger partial charge >= 0.3 is 0 Å². The number of rotatable bonds is 4. The summed E-state index contributed by atoms with van der Waals surface area (Å²) in [5, 5.41) is 7.89. The molecule has 0 spiro atoms. The molecule has 1 amide bonds. The number of nitrogen functional groups attached to an aromatic ring is 1. The highest BCUT2D eigenvalue weighted by Gasteiger charge is 2.30. The van der Waals surface area contributed by atoms with Crippen LogP contribution in [0.3, 0.4) is 0 Å². The normalized spacial score (nSPS) is 17.2. The molecule has 1 unspecified atom stereocenters. The number of furan rings is 1. The predicted octanol–water partition coefficient (Wildman–Crippen LogP) is 2.61. The van der Waals surface area contributed by atoms with Gasteiger partial charge in [-0.1, -0.05) is 0 Å². The Labute approximate surface area is 151 Å². The van der Waals surface area contributed by atoms with Gasteiger partial charge in [0.1, 0.15) is 11.3 Å². The Kier molecular flexibility index (Phi) is 4.06. The van der Waals surface area contributed by atoms with Crippen molar-refractivity contribution in [3.63, 3.8) is 0 Å². The first-order chi connectivity index (χ1) is 12.6. The number of ether oxygens (including phenoxy) is 1. The molecular formula is C19H22N4O3. The highest BCUT2D eigenvalue weighted by Crippen LogP contribution is 2.32. The molecule has 1 aromatic carbocycles. The number of hydrogen-bond donors (Lipinski definition) is 2. The van der Waals surface area contributed by atoms with Crippen molar-refractivity contribution in [3.05, 3.63) is 41.4 Å². The molecule has 1 saturated heterocycles. The highest BCUT2D eigenvalue weighted by atomic mass is 16.5. The van der Waals surface area contributed by atoms with Crippen molar-refractivity contribution in [2.24, 2.45) is 0 Å². The summed E-state index contributed by atoms with van der Waals surface area (Å²) in [6, 6.07) is 3.86. The van der Waals surface area contributed by atoms with Gasteiger partial charge in [-0.3, -0.25) is 9.89 Å². The first-order valence-corrected chi connectivity index (χ1v) is 8.68. The van der Waals surface area contributed by atoms with Crippen LogP contribution in [0.25, 0.3) is 11.0 Å². The van der Waals surface area contributed by atoms with Crippen LogP contribution in [0.15, 0.2) is 29.0 Å². The third-order valence-electron chi connectivity index (χ3n) is 5.23. The van der Waals surface area contributed by atoms with E-state index in [1.807, 2.05) is 24.0 Å². The molecule has 7 heteroatoms. The Morgan fingerprint density at radius 2 is 2.35 bits per heavy atom. The van der Waals surface area contributed by atoms with Crippen LogP contribution in [0, 0.1) is 6.92 Å². The Morgan fingerprint density at radius 3 is 3.08 bits per heavy atom. The number of likely N-dealkylation sites (tertiary alicyclic amines) is 1. The summed E-state index contributed by atoms with van der Waals surface area (Å²) in [6.45, 7) is 3.34. The highest BCUT2D eigenvalue weighted by molar-refractivity contribution is 5.90. The molecular weight excluding hydrogens is 332 g/mol. The van der Waals surface area contributed by atoms with E-state index < -0.39 is 0 Å². The third-order valence-corrected chi connectivity index (χ3v) is 5.23. The average molecular weight is 354 g/mol. The molecule has 3 heterocycles. The smallest absolute Gasteiger partial charge is 0.227 e. The van der Waals surface area contributed by atoms with Crippen LogP contribution in [-0.4, -0.2) is 41.2 Å². The molecule has 1 atom stereocenters. The zero-order valence-electron chi connectivity index (χ0n) is 14.9. The lowest BCUT2D eigenvalue weighted by Crippen LogP contribution is -2.29. The zero-order chi connectivity index (χ0) is 18.3. The number of benzene rings is 1. The van der Waals surface area contributed by atoms with Gasteiger partial charge in [0.25, 0.3) is 0 Å². The lowest BCUT2D eigenvalue weighted by molar-refractivity contribution is -0.129. The number of nitrogens with one attached hydrogen (secondary N) is 1. The Hall–Kier alpha value is -2.96. The molecule has 0 saturated carbocycles. The topological polar surface area (TPSA) is 97.4 Å². The van der Waals surface area contributed by atoms with E-state index in [0.717, 1.165) is 46.5 Å². The molecule has 0 radical (unpaired) electrons. The Morgan fingerprint density at radius 1 is 1.50 bits per heavy atom. The number of aryl methyl sites for hydroxylation is 1. The van der Waals surface area contributed by atoms with Gasteiger partial charge in [-0.25, -0.2) is 0 Å². The summed E-state index contributed by atoms with van der Waals surface area (Å²) >= 11 is 0. The van der Waals surface area contributed by atoms with E-state index in [1.165, 1.54) is 0 Å². The maximum absolute atomic E-state index is 12.8. The van der Waals surface area contributed by atoms with Crippen LogP contribution in [0.4, 0.5) is 5.69 Å². The molecule has 1 aliphatic heterocycles. The van der Waals surface area contributed by atoms with Gasteiger partial charge in [-0.15, -0.1) is 0 Å². The summed E-state index contributed by atoms with van der Waals surface area (Å²) in [7, 11) is 1.64. The maximum Gasteiger partial charge on any atom is 0.227 e. The minimum atomic E-state index is 0.0988. The van der Waals surface area contributed by atoms with Crippen LogP contribution in [0.2, 0.25) is 0 Å². The number of carbonyl (C=O) groups excluding carboxylic acids is 1. The van der Waals surface area contributed by atoms with Crippen molar-refractivity contribution in [1.29, 1.82) is 0 Å². The lowest BCUT2D eigenvalue weighted by atomic mass is 10.0. The summed E-state index contributed by atoms with van der Waals surface area (Å²) in [5.41, 5.74) is 10.1. The number of nitrogens with zero attached hydrogens (tertiary/aromatic N) is 2. The molecule has 3 aromatic rings. The van der Waals surface area contributed by atoms with Gasteiger partial charge in [0.2, 0.25) is 5.91 Å². The van der Waals surface area contributed by atoms with Crippen LogP contribution < -0.4 is 10.5 Å². The minimum absolute atomic E-state index is 0.0988. The number of amides is 1. The first-order valence-electron chi connectivity index (χ1n) is 8.68. The summed E-state index contributed by atoms with van der Waals surface area (Å²) in [4.78, 5) is 14.7. The third kappa shape index (κ3) is 2.69. The molecule has 3 N–H and O–H groups in total. The van der Waals surface area contributed by atoms with Crippen molar-refractivity contribution in [3.8, 4) is 5.75 Å². The Balaban J connectivity index is 1.50. The molecule has 0 aliphatic carbocycles. The molecule has 26 heavy (non-hydrogen) atoms. The SMILES string of the molecule is COc1ccc2c(CC(=O)N3CCC(c4[nH]ncc4N)C3)coc2c1C. The standard InChI is InChI=1S/C19H22N4O3/c1-11-16(25-2)4-3-14-13(10-26-19(11)14)7-17(24)23-6-5-12(9-23)18-15(20)8-21-22-18/h3-4,8,10,12H,5-7,9,20H2,1-2H3,(H,21,22). The number of anilines is 1. The van der Waals surface area contributed by atoms with Crippen LogP contribution in [-0.2, 0) is 11.2 Å². The molecule has 0 bridgehead atoms. The molecule has 1 fully saturated rings. The summed E-state index contributed by atoms with van der Waals surface area (Å²) < 4.78 is 11.0. The van der Waals surface area contributed by atoms with E-state index in [9.17, 15) is 4.79 Å². The van der Waals surface area contributed by atoms with Crippen molar-refractivity contribution >= 4 is 22.6 Å². The minimum Gasteiger partial charge on any atom is -0.496 e. The van der Waals surface area contributed by atoms with E-state index in [-0.39, 0.29) is 11.8 Å². The van der Waals surface area contributed by atoms with E-state index in [2.05, 4.69) is 10.2 Å². The fourth-order valence-electron chi connectivity index (χ4n) is 3.76. The number of methoxy groups -OCH3 is 1. The second kappa shape index (κ2) is 6.40. The van der Waals surface area contributed by atoms with Crippen LogP contribution in [0.1, 0.15) is 29.2 Å². The summed E-state index contributed by atoms with van der Waals surface area (Å²) in [6.07, 6.45) is 4.51. The van der Waals surface area contributed by atoms with Gasteiger partial charge in [0.15, 0.2) is 0 Å². The molecule has 2 aromatic heterocycles.